The van der Waals surface area contributed by atoms with Crippen molar-refractivity contribution in [3.63, 3.8) is 0 Å². The molecule has 0 aliphatic carbocycles. The molecule has 20 heavy (non-hydrogen) atoms. The molecule has 112 valence electrons. The van der Waals surface area contributed by atoms with Gasteiger partial charge in [-0.3, -0.25) is 10.4 Å². The van der Waals surface area contributed by atoms with Crippen LogP contribution in [0.25, 0.3) is 0 Å². The standard InChI is InChI=1S/C14H24N4O2/c1-4-20-9-5-8-16-14(18-15)17-12-6-7-13(19-3)11(2)10-12/h6-7,10H,4-5,8-9,15H2,1-3H3,(H2,16,17,18). The molecular weight excluding hydrogens is 256 g/mol. The summed E-state index contributed by atoms with van der Waals surface area (Å²) in [6, 6.07) is 5.80. The van der Waals surface area contributed by atoms with Gasteiger partial charge in [0.25, 0.3) is 0 Å². The van der Waals surface area contributed by atoms with E-state index in [2.05, 4.69) is 15.7 Å². The van der Waals surface area contributed by atoms with E-state index in [0.717, 1.165) is 30.0 Å². The second-order valence-electron chi connectivity index (χ2n) is 4.23. The van der Waals surface area contributed by atoms with Crippen LogP contribution in [0.3, 0.4) is 0 Å². The Morgan fingerprint density at radius 3 is 2.80 bits per heavy atom. The number of methoxy groups -OCH3 is 1. The van der Waals surface area contributed by atoms with Crippen LogP contribution in [0, 0.1) is 6.92 Å². The number of ether oxygens (including phenoxy) is 2. The number of guanidine groups is 1. The lowest BCUT2D eigenvalue weighted by molar-refractivity contribution is 0.146. The van der Waals surface area contributed by atoms with E-state index in [9.17, 15) is 0 Å². The molecule has 1 aromatic rings. The van der Waals surface area contributed by atoms with Gasteiger partial charge in [-0.2, -0.15) is 0 Å². The van der Waals surface area contributed by atoms with Crippen molar-refractivity contribution in [2.75, 3.05) is 32.2 Å². The fraction of sp³-hybridized carbons (Fsp3) is 0.500. The summed E-state index contributed by atoms with van der Waals surface area (Å²) >= 11 is 0. The number of nitrogens with two attached hydrogens (primary N) is 1. The molecule has 1 aromatic carbocycles. The highest BCUT2D eigenvalue weighted by Crippen LogP contribution is 2.21. The SMILES string of the molecule is CCOCCCN=C(NN)Nc1ccc(OC)c(C)c1. The third kappa shape index (κ3) is 5.46. The van der Waals surface area contributed by atoms with E-state index < -0.39 is 0 Å². The van der Waals surface area contributed by atoms with Gasteiger partial charge in [-0.05, 0) is 44.0 Å². The van der Waals surface area contributed by atoms with Crippen LogP contribution in [0.5, 0.6) is 5.75 Å². The predicted molar refractivity (Wildman–Crippen MR) is 82.1 cm³/mol. The van der Waals surface area contributed by atoms with Gasteiger partial charge in [0.2, 0.25) is 5.96 Å². The van der Waals surface area contributed by atoms with E-state index in [4.69, 9.17) is 15.3 Å². The lowest BCUT2D eigenvalue weighted by Gasteiger charge is -2.11. The Morgan fingerprint density at radius 1 is 1.40 bits per heavy atom. The summed E-state index contributed by atoms with van der Waals surface area (Å²) in [5.74, 6) is 6.84. The second kappa shape index (κ2) is 9.17. The number of rotatable bonds is 7. The maximum Gasteiger partial charge on any atom is 0.210 e. The maximum atomic E-state index is 5.46. The van der Waals surface area contributed by atoms with Crippen LogP contribution in [0.4, 0.5) is 5.69 Å². The van der Waals surface area contributed by atoms with Crippen molar-refractivity contribution in [1.29, 1.82) is 0 Å². The Morgan fingerprint density at radius 2 is 2.20 bits per heavy atom. The Kier molecular flexibility index (Phi) is 7.46. The van der Waals surface area contributed by atoms with Gasteiger partial charge in [-0.15, -0.1) is 0 Å². The van der Waals surface area contributed by atoms with Gasteiger partial charge in [-0.25, -0.2) is 5.84 Å². The van der Waals surface area contributed by atoms with Crippen molar-refractivity contribution in [3.05, 3.63) is 23.8 Å². The van der Waals surface area contributed by atoms with E-state index in [1.54, 1.807) is 7.11 Å². The number of benzene rings is 1. The van der Waals surface area contributed by atoms with Crippen molar-refractivity contribution in [2.24, 2.45) is 10.8 Å². The number of nitrogens with one attached hydrogen (secondary N) is 2. The molecule has 0 saturated heterocycles. The first-order valence-corrected chi connectivity index (χ1v) is 6.71. The Bertz CT molecular complexity index is 435. The van der Waals surface area contributed by atoms with E-state index in [-0.39, 0.29) is 0 Å². The highest BCUT2D eigenvalue weighted by atomic mass is 16.5. The minimum absolute atomic E-state index is 0.533. The molecule has 6 nitrogen and oxygen atoms in total. The lowest BCUT2D eigenvalue weighted by atomic mass is 10.2. The average Bonchev–Trinajstić information content (AvgIpc) is 2.46. The topological polar surface area (TPSA) is 80.9 Å². The summed E-state index contributed by atoms with van der Waals surface area (Å²) in [6.07, 6.45) is 0.863. The molecule has 0 aromatic heterocycles. The van der Waals surface area contributed by atoms with Crippen molar-refractivity contribution >= 4 is 11.6 Å². The Hall–Kier alpha value is -1.79. The molecule has 0 radical (unpaired) electrons. The largest absolute Gasteiger partial charge is 0.496 e. The van der Waals surface area contributed by atoms with Crippen LogP contribution in [0.15, 0.2) is 23.2 Å². The maximum absolute atomic E-state index is 5.46. The van der Waals surface area contributed by atoms with Gasteiger partial charge in [0, 0.05) is 25.4 Å². The molecule has 0 aliphatic heterocycles. The fourth-order valence-electron chi connectivity index (χ4n) is 1.72. The van der Waals surface area contributed by atoms with Crippen LogP contribution in [-0.4, -0.2) is 32.8 Å². The smallest absolute Gasteiger partial charge is 0.210 e. The van der Waals surface area contributed by atoms with E-state index in [0.29, 0.717) is 19.1 Å². The normalized spacial score (nSPS) is 11.3. The van der Waals surface area contributed by atoms with Gasteiger partial charge in [0.05, 0.1) is 7.11 Å². The van der Waals surface area contributed by atoms with Gasteiger partial charge in [0.15, 0.2) is 0 Å². The number of hydrogen-bond donors (Lipinski definition) is 3. The Balaban J connectivity index is 2.54. The Labute approximate surface area is 120 Å². The zero-order valence-electron chi connectivity index (χ0n) is 12.4. The molecule has 0 unspecified atom stereocenters. The number of anilines is 1. The highest BCUT2D eigenvalue weighted by Gasteiger charge is 2.02. The van der Waals surface area contributed by atoms with Gasteiger partial charge >= 0.3 is 0 Å². The molecule has 0 atom stereocenters. The summed E-state index contributed by atoms with van der Waals surface area (Å²) < 4.78 is 10.5. The molecule has 4 N–H and O–H groups in total. The van der Waals surface area contributed by atoms with Crippen LogP contribution in [0.2, 0.25) is 0 Å². The minimum Gasteiger partial charge on any atom is -0.496 e. The van der Waals surface area contributed by atoms with Crippen molar-refractivity contribution in [2.45, 2.75) is 20.3 Å². The average molecular weight is 280 g/mol. The number of hydrazine groups is 1. The number of aryl methyl sites for hydroxylation is 1. The second-order valence-corrected chi connectivity index (χ2v) is 4.23. The fourth-order valence-corrected chi connectivity index (χ4v) is 1.72. The zero-order chi connectivity index (χ0) is 14.8. The molecule has 0 bridgehead atoms. The van der Waals surface area contributed by atoms with Gasteiger partial charge < -0.3 is 14.8 Å². The molecule has 0 aliphatic rings. The molecule has 0 fully saturated rings. The van der Waals surface area contributed by atoms with Crippen molar-refractivity contribution in [1.82, 2.24) is 5.43 Å². The summed E-state index contributed by atoms with van der Waals surface area (Å²) in [4.78, 5) is 4.34. The summed E-state index contributed by atoms with van der Waals surface area (Å²) in [7, 11) is 1.65. The van der Waals surface area contributed by atoms with Gasteiger partial charge in [-0.1, -0.05) is 0 Å². The summed E-state index contributed by atoms with van der Waals surface area (Å²) in [5, 5.41) is 3.13. The molecule has 0 saturated carbocycles. The van der Waals surface area contributed by atoms with Crippen LogP contribution in [0.1, 0.15) is 18.9 Å². The first-order valence-electron chi connectivity index (χ1n) is 6.71. The monoisotopic (exact) mass is 280 g/mol. The van der Waals surface area contributed by atoms with E-state index >= 15 is 0 Å². The van der Waals surface area contributed by atoms with Crippen molar-refractivity contribution < 1.29 is 9.47 Å². The molecule has 1 rings (SSSR count). The number of aliphatic imine (C=N–C) groups is 1. The first-order chi connectivity index (χ1) is 9.71. The molecule has 0 amide bonds. The summed E-state index contributed by atoms with van der Waals surface area (Å²) in [5.41, 5.74) is 4.51. The zero-order valence-corrected chi connectivity index (χ0v) is 12.4. The van der Waals surface area contributed by atoms with Crippen LogP contribution in [-0.2, 0) is 4.74 Å². The predicted octanol–water partition coefficient (Wildman–Crippen LogP) is 1.66. The molecule has 0 spiro atoms. The molecule has 6 heteroatoms. The van der Waals surface area contributed by atoms with Crippen molar-refractivity contribution in [3.8, 4) is 5.75 Å². The number of nitrogens with zero attached hydrogens (tertiary/aromatic N) is 1. The quantitative estimate of drug-likeness (QED) is 0.233. The third-order valence-corrected chi connectivity index (χ3v) is 2.72. The third-order valence-electron chi connectivity index (χ3n) is 2.72. The van der Waals surface area contributed by atoms with Gasteiger partial charge in [0.1, 0.15) is 5.75 Å². The molecule has 0 heterocycles. The highest BCUT2D eigenvalue weighted by molar-refractivity contribution is 5.93. The van der Waals surface area contributed by atoms with Crippen LogP contribution < -0.4 is 21.3 Å². The minimum atomic E-state index is 0.533. The number of hydrogen-bond acceptors (Lipinski definition) is 4. The molecular formula is C14H24N4O2. The summed E-state index contributed by atoms with van der Waals surface area (Å²) in [6.45, 7) is 6.05. The van der Waals surface area contributed by atoms with E-state index in [1.807, 2.05) is 32.0 Å². The lowest BCUT2D eigenvalue weighted by Crippen LogP contribution is -2.36. The van der Waals surface area contributed by atoms with E-state index in [1.165, 1.54) is 0 Å². The first kappa shape index (κ1) is 16.3. The van der Waals surface area contributed by atoms with Crippen LogP contribution >= 0.6 is 0 Å².